The monoisotopic (exact) mass is 490 g/mol. The minimum Gasteiger partial charge on any atom is -0.481 e. The molecule has 3 aromatic rings. The summed E-state index contributed by atoms with van der Waals surface area (Å²) in [6.07, 6.45) is 1.07. The van der Waals surface area contributed by atoms with Crippen LogP contribution in [-0.4, -0.2) is 12.6 Å². The Kier molecular flexibility index (Phi) is 6.55. The standard InChI is InChI=1S/C22H20Br2O3/c1-3-14(2)15-4-8-18(9-5-15)27-21(25)13-26-20-11-6-16-12-17(23)7-10-19(16)22(20)24/h4-12,14H,3,13H2,1-2H3. The fourth-order valence-corrected chi connectivity index (χ4v) is 3.74. The van der Waals surface area contributed by atoms with Gasteiger partial charge in [0.15, 0.2) is 6.61 Å². The molecule has 0 aliphatic rings. The van der Waals surface area contributed by atoms with Crippen molar-refractivity contribution in [1.29, 1.82) is 0 Å². The Bertz CT molecular complexity index is 952. The van der Waals surface area contributed by atoms with Gasteiger partial charge < -0.3 is 9.47 Å². The van der Waals surface area contributed by atoms with Crippen LogP contribution in [0.15, 0.2) is 63.5 Å². The van der Waals surface area contributed by atoms with Crippen molar-refractivity contribution in [3.05, 3.63) is 69.1 Å². The summed E-state index contributed by atoms with van der Waals surface area (Å²) in [5.41, 5.74) is 1.24. The van der Waals surface area contributed by atoms with Crippen LogP contribution in [-0.2, 0) is 4.79 Å². The molecule has 0 bridgehead atoms. The van der Waals surface area contributed by atoms with E-state index < -0.39 is 5.97 Å². The van der Waals surface area contributed by atoms with Crippen LogP contribution >= 0.6 is 31.9 Å². The number of halogens is 2. The highest BCUT2D eigenvalue weighted by Gasteiger charge is 2.11. The topological polar surface area (TPSA) is 35.5 Å². The van der Waals surface area contributed by atoms with E-state index in [2.05, 4.69) is 45.7 Å². The second-order valence-corrected chi connectivity index (χ2v) is 8.09. The summed E-state index contributed by atoms with van der Waals surface area (Å²) in [6.45, 7) is 4.17. The van der Waals surface area contributed by atoms with Crippen molar-refractivity contribution < 1.29 is 14.3 Å². The van der Waals surface area contributed by atoms with Crippen molar-refractivity contribution in [2.75, 3.05) is 6.61 Å². The van der Waals surface area contributed by atoms with Gasteiger partial charge in [-0.3, -0.25) is 0 Å². The molecule has 0 heterocycles. The fourth-order valence-electron chi connectivity index (χ4n) is 2.75. The molecule has 3 aromatic carbocycles. The Hall–Kier alpha value is -1.85. The molecule has 1 atom stereocenters. The van der Waals surface area contributed by atoms with Crippen LogP contribution in [0.3, 0.4) is 0 Å². The van der Waals surface area contributed by atoms with Crippen LogP contribution in [0.5, 0.6) is 11.5 Å². The van der Waals surface area contributed by atoms with Gasteiger partial charge in [-0.1, -0.05) is 54.0 Å². The molecular weight excluding hydrogens is 472 g/mol. The number of carbonyl (C=O) groups is 1. The summed E-state index contributed by atoms with van der Waals surface area (Å²) in [6, 6.07) is 17.4. The molecule has 0 aromatic heterocycles. The van der Waals surface area contributed by atoms with Gasteiger partial charge >= 0.3 is 5.97 Å². The van der Waals surface area contributed by atoms with Crippen molar-refractivity contribution >= 4 is 48.6 Å². The lowest BCUT2D eigenvalue weighted by atomic mass is 9.99. The van der Waals surface area contributed by atoms with Gasteiger partial charge in [-0.05, 0) is 74.9 Å². The first-order valence-electron chi connectivity index (χ1n) is 8.79. The Balaban J connectivity index is 1.63. The van der Waals surface area contributed by atoms with E-state index in [1.54, 1.807) is 0 Å². The van der Waals surface area contributed by atoms with Crippen molar-refractivity contribution in [2.24, 2.45) is 0 Å². The number of hydrogen-bond acceptors (Lipinski definition) is 3. The zero-order valence-electron chi connectivity index (χ0n) is 15.2. The maximum Gasteiger partial charge on any atom is 0.349 e. The third kappa shape index (κ3) is 4.90. The van der Waals surface area contributed by atoms with Crippen LogP contribution < -0.4 is 9.47 Å². The van der Waals surface area contributed by atoms with E-state index in [0.29, 0.717) is 17.4 Å². The predicted molar refractivity (Wildman–Crippen MR) is 116 cm³/mol. The molecule has 0 N–H and O–H groups in total. The van der Waals surface area contributed by atoms with Gasteiger partial charge in [0.05, 0.1) is 4.47 Å². The number of ether oxygens (including phenoxy) is 2. The maximum absolute atomic E-state index is 12.1. The van der Waals surface area contributed by atoms with Gasteiger partial charge in [0.1, 0.15) is 11.5 Å². The van der Waals surface area contributed by atoms with E-state index >= 15 is 0 Å². The summed E-state index contributed by atoms with van der Waals surface area (Å²) in [4.78, 5) is 12.1. The van der Waals surface area contributed by atoms with Crippen LogP contribution in [0, 0.1) is 0 Å². The average molecular weight is 492 g/mol. The number of esters is 1. The average Bonchev–Trinajstić information content (AvgIpc) is 2.67. The van der Waals surface area contributed by atoms with Gasteiger partial charge in [-0.25, -0.2) is 4.79 Å². The summed E-state index contributed by atoms with van der Waals surface area (Å²) >= 11 is 7.02. The van der Waals surface area contributed by atoms with E-state index in [4.69, 9.17) is 9.47 Å². The van der Waals surface area contributed by atoms with Gasteiger partial charge in [0.25, 0.3) is 0 Å². The molecule has 5 heteroatoms. The molecule has 3 nitrogen and oxygen atoms in total. The van der Waals surface area contributed by atoms with Crippen LogP contribution in [0.2, 0.25) is 0 Å². The Morgan fingerprint density at radius 1 is 1.04 bits per heavy atom. The Labute approximate surface area is 175 Å². The Morgan fingerprint density at radius 3 is 2.48 bits per heavy atom. The third-order valence-corrected chi connectivity index (χ3v) is 5.83. The molecule has 0 aliphatic carbocycles. The number of fused-ring (bicyclic) bond motifs is 1. The molecule has 0 fully saturated rings. The first-order valence-corrected chi connectivity index (χ1v) is 10.4. The van der Waals surface area contributed by atoms with Crippen molar-refractivity contribution in [3.8, 4) is 11.5 Å². The summed E-state index contributed by atoms with van der Waals surface area (Å²) in [7, 11) is 0. The predicted octanol–water partition coefficient (Wildman–Crippen LogP) is 6.86. The molecule has 0 saturated carbocycles. The summed E-state index contributed by atoms with van der Waals surface area (Å²) in [5, 5.41) is 2.09. The SMILES string of the molecule is CCC(C)c1ccc(OC(=O)COc2ccc3cc(Br)ccc3c2Br)cc1. The normalized spacial score (nSPS) is 12.0. The summed E-state index contributed by atoms with van der Waals surface area (Å²) in [5.74, 6) is 1.19. The molecule has 0 radical (unpaired) electrons. The van der Waals surface area contributed by atoms with Crippen molar-refractivity contribution in [1.82, 2.24) is 0 Å². The second-order valence-electron chi connectivity index (χ2n) is 6.38. The van der Waals surface area contributed by atoms with E-state index in [0.717, 1.165) is 26.1 Å². The lowest BCUT2D eigenvalue weighted by Gasteiger charge is -2.12. The van der Waals surface area contributed by atoms with Gasteiger partial charge in [0, 0.05) is 4.47 Å². The molecule has 0 amide bonds. The molecule has 0 spiro atoms. The van der Waals surface area contributed by atoms with Gasteiger partial charge in [-0.2, -0.15) is 0 Å². The highest BCUT2D eigenvalue weighted by molar-refractivity contribution is 9.11. The number of carbonyl (C=O) groups excluding carboxylic acids is 1. The maximum atomic E-state index is 12.1. The number of rotatable bonds is 6. The first kappa shape index (κ1) is 19.9. The van der Waals surface area contributed by atoms with Crippen LogP contribution in [0.4, 0.5) is 0 Å². The lowest BCUT2D eigenvalue weighted by molar-refractivity contribution is -0.136. The largest absolute Gasteiger partial charge is 0.481 e. The molecule has 140 valence electrons. The zero-order chi connectivity index (χ0) is 19.4. The highest BCUT2D eigenvalue weighted by Crippen LogP contribution is 2.34. The fraction of sp³-hybridized carbons (Fsp3) is 0.227. The molecule has 3 rings (SSSR count). The highest BCUT2D eigenvalue weighted by atomic mass is 79.9. The van der Waals surface area contributed by atoms with Crippen molar-refractivity contribution in [2.45, 2.75) is 26.2 Å². The number of hydrogen-bond donors (Lipinski definition) is 0. The smallest absolute Gasteiger partial charge is 0.349 e. The van der Waals surface area contributed by atoms with Crippen molar-refractivity contribution in [3.63, 3.8) is 0 Å². The van der Waals surface area contributed by atoms with E-state index in [9.17, 15) is 4.79 Å². The van der Waals surface area contributed by atoms with Crippen LogP contribution in [0.25, 0.3) is 10.8 Å². The third-order valence-electron chi connectivity index (χ3n) is 4.52. The Morgan fingerprint density at radius 2 is 1.78 bits per heavy atom. The zero-order valence-corrected chi connectivity index (χ0v) is 18.3. The first-order chi connectivity index (χ1) is 13.0. The molecular formula is C22H20Br2O3. The van der Waals surface area contributed by atoms with E-state index in [-0.39, 0.29) is 6.61 Å². The minimum atomic E-state index is -0.436. The van der Waals surface area contributed by atoms with Gasteiger partial charge in [0.2, 0.25) is 0 Å². The number of benzene rings is 3. The molecule has 27 heavy (non-hydrogen) atoms. The lowest BCUT2D eigenvalue weighted by Crippen LogP contribution is -2.17. The van der Waals surface area contributed by atoms with E-state index in [1.807, 2.05) is 54.6 Å². The quantitative estimate of drug-likeness (QED) is 0.279. The summed E-state index contributed by atoms with van der Waals surface area (Å²) < 4.78 is 12.8. The van der Waals surface area contributed by atoms with E-state index in [1.165, 1.54) is 5.56 Å². The second kappa shape index (κ2) is 8.89. The molecule has 1 unspecified atom stereocenters. The minimum absolute atomic E-state index is 0.159. The molecule has 0 saturated heterocycles. The van der Waals surface area contributed by atoms with Gasteiger partial charge in [-0.15, -0.1) is 0 Å². The molecule has 0 aliphatic heterocycles. The van der Waals surface area contributed by atoms with Crippen LogP contribution in [0.1, 0.15) is 31.7 Å².